The maximum absolute atomic E-state index is 3.59. The molecule has 1 aromatic rings. The molecule has 0 unspecified atom stereocenters. The van der Waals surface area contributed by atoms with Crippen LogP contribution < -0.4 is 0 Å². The first kappa shape index (κ1) is 8.58. The van der Waals surface area contributed by atoms with Crippen LogP contribution in [0.5, 0.6) is 0 Å². The number of H-pyrrole nitrogens is 1. The monoisotopic (exact) mass is 189 g/mol. The number of nitrogens with one attached hydrogen (secondary N) is 1. The Morgan fingerprint density at radius 2 is 2.21 bits per heavy atom. The summed E-state index contributed by atoms with van der Waals surface area (Å²) in [6.07, 6.45) is 7.08. The van der Waals surface area contributed by atoms with E-state index in [1.807, 2.05) is 0 Å². The number of fused-ring (bicyclic) bond motifs is 2. The van der Waals surface area contributed by atoms with Crippen LogP contribution in [0.1, 0.15) is 49.9 Å². The summed E-state index contributed by atoms with van der Waals surface area (Å²) >= 11 is 0. The van der Waals surface area contributed by atoms with Gasteiger partial charge in [0.05, 0.1) is 0 Å². The van der Waals surface area contributed by atoms with Crippen LogP contribution in [0.15, 0.2) is 12.1 Å². The number of hydrogen-bond acceptors (Lipinski definition) is 0. The summed E-state index contributed by atoms with van der Waals surface area (Å²) in [4.78, 5) is 3.59. The van der Waals surface area contributed by atoms with Gasteiger partial charge >= 0.3 is 0 Å². The molecule has 0 amide bonds. The topological polar surface area (TPSA) is 15.8 Å². The third-order valence-electron chi connectivity index (χ3n) is 4.29. The van der Waals surface area contributed by atoms with E-state index >= 15 is 0 Å². The highest BCUT2D eigenvalue weighted by atomic mass is 14.7. The third kappa shape index (κ3) is 1.22. The van der Waals surface area contributed by atoms with Gasteiger partial charge in [0.1, 0.15) is 0 Å². The molecule has 0 radical (unpaired) electrons. The zero-order valence-electron chi connectivity index (χ0n) is 8.92. The molecular weight excluding hydrogens is 170 g/mol. The Morgan fingerprint density at radius 1 is 1.29 bits per heavy atom. The first-order chi connectivity index (χ1) is 6.86. The van der Waals surface area contributed by atoms with Gasteiger partial charge in [-0.1, -0.05) is 13.3 Å². The van der Waals surface area contributed by atoms with Gasteiger partial charge in [-0.25, -0.2) is 0 Å². The predicted octanol–water partition coefficient (Wildman–Crippen LogP) is 3.48. The average Bonchev–Trinajstić information content (AvgIpc) is 2.93. The fourth-order valence-electron chi connectivity index (χ4n) is 3.51. The van der Waals surface area contributed by atoms with Crippen LogP contribution in [0.4, 0.5) is 0 Å². The fourth-order valence-corrected chi connectivity index (χ4v) is 3.51. The van der Waals surface area contributed by atoms with Crippen molar-refractivity contribution >= 4 is 0 Å². The van der Waals surface area contributed by atoms with Crippen molar-refractivity contribution < 1.29 is 0 Å². The van der Waals surface area contributed by atoms with E-state index in [2.05, 4.69) is 24.0 Å². The normalized spacial score (nSPS) is 35.4. The largest absolute Gasteiger partial charge is 0.362 e. The molecule has 2 bridgehead atoms. The molecule has 2 fully saturated rings. The van der Waals surface area contributed by atoms with E-state index in [0.717, 1.165) is 24.2 Å². The maximum atomic E-state index is 3.59. The zero-order valence-corrected chi connectivity index (χ0v) is 8.92. The van der Waals surface area contributed by atoms with Gasteiger partial charge < -0.3 is 4.98 Å². The number of aromatic nitrogens is 1. The van der Waals surface area contributed by atoms with Crippen molar-refractivity contribution in [2.24, 2.45) is 11.8 Å². The van der Waals surface area contributed by atoms with E-state index in [0.29, 0.717) is 0 Å². The molecule has 76 valence electrons. The van der Waals surface area contributed by atoms with Gasteiger partial charge in [0.15, 0.2) is 0 Å². The van der Waals surface area contributed by atoms with Gasteiger partial charge in [-0.3, -0.25) is 0 Å². The second-order valence-corrected chi connectivity index (χ2v) is 5.07. The lowest BCUT2D eigenvalue weighted by molar-refractivity contribution is 0.414. The second kappa shape index (κ2) is 3.15. The smallest absolute Gasteiger partial charge is 0.0183 e. The van der Waals surface area contributed by atoms with Crippen LogP contribution in [0.2, 0.25) is 0 Å². The molecule has 2 aliphatic rings. The minimum atomic E-state index is 0.869. The van der Waals surface area contributed by atoms with E-state index in [1.54, 1.807) is 0 Å². The lowest BCUT2D eigenvalue weighted by Crippen LogP contribution is -2.08. The van der Waals surface area contributed by atoms with Crippen LogP contribution >= 0.6 is 0 Å². The van der Waals surface area contributed by atoms with Gasteiger partial charge in [0.25, 0.3) is 0 Å². The summed E-state index contributed by atoms with van der Waals surface area (Å²) in [6, 6.07) is 4.59. The Morgan fingerprint density at radius 3 is 2.79 bits per heavy atom. The van der Waals surface area contributed by atoms with E-state index in [9.17, 15) is 0 Å². The molecule has 1 heterocycles. The van der Waals surface area contributed by atoms with Crippen LogP contribution in [0.3, 0.4) is 0 Å². The average molecular weight is 189 g/mol. The molecule has 1 N–H and O–H groups in total. The van der Waals surface area contributed by atoms with Crippen molar-refractivity contribution in [2.45, 2.75) is 44.9 Å². The van der Waals surface area contributed by atoms with E-state index in [-0.39, 0.29) is 0 Å². The molecule has 0 aliphatic heterocycles. The van der Waals surface area contributed by atoms with Crippen molar-refractivity contribution in [1.82, 2.24) is 4.98 Å². The Balaban J connectivity index is 1.82. The molecular formula is C13H19N. The fraction of sp³-hybridized carbons (Fsp3) is 0.692. The predicted molar refractivity (Wildman–Crippen MR) is 58.4 cm³/mol. The molecule has 1 aromatic heterocycles. The number of aryl methyl sites for hydroxylation is 1. The molecule has 2 saturated carbocycles. The van der Waals surface area contributed by atoms with Gasteiger partial charge in [0.2, 0.25) is 0 Å². The van der Waals surface area contributed by atoms with Crippen molar-refractivity contribution in [1.29, 1.82) is 0 Å². The molecule has 1 nitrogen and oxygen atoms in total. The zero-order chi connectivity index (χ0) is 9.54. The highest BCUT2D eigenvalue weighted by molar-refractivity contribution is 5.20. The maximum Gasteiger partial charge on any atom is 0.0183 e. The number of hydrogen-bond donors (Lipinski definition) is 1. The Bertz CT molecular complexity index is 326. The molecule has 0 spiro atoms. The second-order valence-electron chi connectivity index (χ2n) is 5.07. The van der Waals surface area contributed by atoms with Crippen LogP contribution in [0.25, 0.3) is 0 Å². The van der Waals surface area contributed by atoms with Crippen molar-refractivity contribution in [3.05, 3.63) is 23.5 Å². The first-order valence-electron chi connectivity index (χ1n) is 6.04. The number of rotatable bonds is 2. The summed E-state index contributed by atoms with van der Waals surface area (Å²) in [5, 5.41) is 0. The minimum absolute atomic E-state index is 0.869. The minimum Gasteiger partial charge on any atom is -0.362 e. The molecule has 14 heavy (non-hydrogen) atoms. The summed E-state index contributed by atoms with van der Waals surface area (Å²) in [7, 11) is 0. The van der Waals surface area contributed by atoms with Crippen molar-refractivity contribution in [3.63, 3.8) is 0 Å². The highest BCUT2D eigenvalue weighted by Crippen LogP contribution is 2.52. The standard InChI is InChI=1S/C13H19N/c1-2-11-5-6-13(14-11)12-8-9-3-4-10(12)7-9/h5-6,9-10,12,14H,2-4,7-8H2,1H3/t9-,10+,12+/m0/s1. The Hall–Kier alpha value is -0.720. The summed E-state index contributed by atoms with van der Waals surface area (Å²) in [5.41, 5.74) is 2.93. The van der Waals surface area contributed by atoms with Gasteiger partial charge in [-0.2, -0.15) is 0 Å². The highest BCUT2D eigenvalue weighted by Gasteiger charge is 2.40. The Kier molecular flexibility index (Phi) is 1.93. The Labute approximate surface area is 85.9 Å². The number of aromatic amines is 1. The van der Waals surface area contributed by atoms with Gasteiger partial charge in [0, 0.05) is 17.3 Å². The molecule has 1 heteroatoms. The third-order valence-corrected chi connectivity index (χ3v) is 4.29. The van der Waals surface area contributed by atoms with E-state index < -0.39 is 0 Å². The van der Waals surface area contributed by atoms with Gasteiger partial charge in [-0.15, -0.1) is 0 Å². The first-order valence-corrected chi connectivity index (χ1v) is 6.04. The molecule has 0 saturated heterocycles. The molecule has 2 aliphatic carbocycles. The summed E-state index contributed by atoms with van der Waals surface area (Å²) in [5.74, 6) is 2.93. The van der Waals surface area contributed by atoms with Crippen molar-refractivity contribution in [3.8, 4) is 0 Å². The summed E-state index contributed by atoms with van der Waals surface area (Å²) in [6.45, 7) is 2.22. The summed E-state index contributed by atoms with van der Waals surface area (Å²) < 4.78 is 0. The SMILES string of the molecule is CCc1ccc([C@@H]2C[C@H]3CC[C@@H]2C3)[nH]1. The van der Waals surface area contributed by atoms with Crippen LogP contribution in [0, 0.1) is 11.8 Å². The van der Waals surface area contributed by atoms with Crippen molar-refractivity contribution in [2.75, 3.05) is 0 Å². The van der Waals surface area contributed by atoms with E-state index in [1.165, 1.54) is 37.1 Å². The lowest BCUT2D eigenvalue weighted by atomic mass is 9.87. The van der Waals surface area contributed by atoms with E-state index in [4.69, 9.17) is 0 Å². The molecule has 3 rings (SSSR count). The van der Waals surface area contributed by atoms with Gasteiger partial charge in [-0.05, 0) is 49.7 Å². The molecule has 0 aromatic carbocycles. The molecule has 3 atom stereocenters. The quantitative estimate of drug-likeness (QED) is 0.733. The van der Waals surface area contributed by atoms with Crippen LogP contribution in [-0.2, 0) is 6.42 Å². The van der Waals surface area contributed by atoms with Crippen LogP contribution in [-0.4, -0.2) is 4.98 Å². The lowest BCUT2D eigenvalue weighted by Gasteiger charge is -2.20.